The lowest BCUT2D eigenvalue weighted by Crippen LogP contribution is -2.34. The lowest BCUT2D eigenvalue weighted by Gasteiger charge is -2.26. The van der Waals surface area contributed by atoms with E-state index in [0.717, 1.165) is 0 Å². The van der Waals surface area contributed by atoms with Gasteiger partial charge >= 0.3 is 0 Å². The summed E-state index contributed by atoms with van der Waals surface area (Å²) in [5.41, 5.74) is -0.0678. The maximum absolute atomic E-state index is 13.5. The molecule has 1 N–H and O–H groups in total. The molecule has 2 nitrogen and oxygen atoms in total. The molecule has 0 aliphatic heterocycles. The Morgan fingerprint density at radius 3 is 2.73 bits per heavy atom. The van der Waals surface area contributed by atoms with E-state index < -0.39 is 0 Å². The van der Waals surface area contributed by atoms with Crippen LogP contribution in [-0.4, -0.2) is 10.5 Å². The van der Waals surface area contributed by atoms with Crippen LogP contribution in [0, 0.1) is 11.7 Å². The van der Waals surface area contributed by atoms with Crippen LogP contribution in [0.2, 0.25) is 0 Å². The van der Waals surface area contributed by atoms with Gasteiger partial charge in [-0.1, -0.05) is 0 Å². The van der Waals surface area contributed by atoms with Crippen molar-refractivity contribution < 1.29 is 4.39 Å². The van der Waals surface area contributed by atoms with Gasteiger partial charge in [0.15, 0.2) is 11.6 Å². The third-order valence-corrected chi connectivity index (χ3v) is 3.28. The van der Waals surface area contributed by atoms with Gasteiger partial charge in [-0.05, 0) is 54.6 Å². The fourth-order valence-corrected chi connectivity index (χ4v) is 2.02. The molecule has 2 rings (SSSR count). The monoisotopic (exact) mass is 272 g/mol. The molecule has 1 saturated carbocycles. The summed E-state index contributed by atoms with van der Waals surface area (Å²) in [5, 5.41) is 3.17. The van der Waals surface area contributed by atoms with Gasteiger partial charge in [0.05, 0.1) is 0 Å². The van der Waals surface area contributed by atoms with Gasteiger partial charge in [0.25, 0.3) is 0 Å². The molecule has 0 spiro atoms. The van der Waals surface area contributed by atoms with E-state index in [2.05, 4.69) is 40.1 Å². The molecule has 1 aromatic rings. The molecular formula is C11H14BrFN2. The number of anilines is 1. The molecule has 4 heteroatoms. The third-order valence-electron chi connectivity index (χ3n) is 2.85. The molecule has 1 heterocycles. The van der Waals surface area contributed by atoms with Crippen molar-refractivity contribution in [3.05, 3.63) is 22.6 Å². The number of halogens is 2. The summed E-state index contributed by atoms with van der Waals surface area (Å²) in [5.74, 6) is 0.676. The SMILES string of the molecule is CC(C)(Nc1ncc(Br)cc1F)C1CC1. The second-order valence-electron chi connectivity index (χ2n) is 4.60. The lowest BCUT2D eigenvalue weighted by molar-refractivity contribution is 0.486. The van der Waals surface area contributed by atoms with Gasteiger partial charge in [-0.3, -0.25) is 0 Å². The van der Waals surface area contributed by atoms with Crippen LogP contribution < -0.4 is 5.32 Å². The number of nitrogens with zero attached hydrogens (tertiary/aromatic N) is 1. The lowest BCUT2D eigenvalue weighted by atomic mass is 9.99. The normalized spacial score (nSPS) is 16.5. The highest BCUT2D eigenvalue weighted by molar-refractivity contribution is 9.10. The summed E-state index contributed by atoms with van der Waals surface area (Å²) < 4.78 is 14.2. The predicted octanol–water partition coefficient (Wildman–Crippen LogP) is 3.58. The molecule has 0 unspecified atom stereocenters. The van der Waals surface area contributed by atoms with Crippen molar-refractivity contribution in [3.63, 3.8) is 0 Å². The first-order valence-corrected chi connectivity index (χ1v) is 5.87. The summed E-state index contributed by atoms with van der Waals surface area (Å²) in [4.78, 5) is 4.04. The van der Waals surface area contributed by atoms with Gasteiger partial charge in [0.2, 0.25) is 0 Å². The van der Waals surface area contributed by atoms with E-state index in [1.165, 1.54) is 18.9 Å². The zero-order valence-electron chi connectivity index (χ0n) is 8.85. The molecular weight excluding hydrogens is 259 g/mol. The van der Waals surface area contributed by atoms with Crippen LogP contribution >= 0.6 is 15.9 Å². The number of hydrogen-bond donors (Lipinski definition) is 1. The fraction of sp³-hybridized carbons (Fsp3) is 0.545. The van der Waals surface area contributed by atoms with E-state index >= 15 is 0 Å². The van der Waals surface area contributed by atoms with E-state index in [-0.39, 0.29) is 11.4 Å². The molecule has 1 aliphatic rings. The number of hydrogen-bond acceptors (Lipinski definition) is 2. The van der Waals surface area contributed by atoms with E-state index in [1.807, 2.05) is 0 Å². The number of pyridine rings is 1. The first kappa shape index (κ1) is 10.9. The van der Waals surface area contributed by atoms with Crippen molar-refractivity contribution in [2.75, 3.05) is 5.32 Å². The molecule has 0 radical (unpaired) electrons. The second kappa shape index (κ2) is 3.74. The van der Waals surface area contributed by atoms with Crippen LogP contribution in [-0.2, 0) is 0 Å². The maximum Gasteiger partial charge on any atom is 0.166 e. The number of aromatic nitrogens is 1. The first-order valence-electron chi connectivity index (χ1n) is 5.08. The minimum atomic E-state index is -0.307. The zero-order valence-corrected chi connectivity index (χ0v) is 10.4. The third kappa shape index (κ3) is 2.48. The van der Waals surface area contributed by atoms with Crippen molar-refractivity contribution in [3.8, 4) is 0 Å². The Morgan fingerprint density at radius 1 is 1.53 bits per heavy atom. The predicted molar refractivity (Wildman–Crippen MR) is 62.3 cm³/mol. The van der Waals surface area contributed by atoms with Crippen LogP contribution in [0.3, 0.4) is 0 Å². The van der Waals surface area contributed by atoms with E-state index in [9.17, 15) is 4.39 Å². The molecule has 82 valence electrons. The van der Waals surface area contributed by atoms with Crippen LogP contribution in [0.15, 0.2) is 16.7 Å². The van der Waals surface area contributed by atoms with Crippen molar-refractivity contribution in [1.82, 2.24) is 4.98 Å². The van der Waals surface area contributed by atoms with Gasteiger partial charge < -0.3 is 5.32 Å². The average Bonchev–Trinajstić information content (AvgIpc) is 2.92. The summed E-state index contributed by atoms with van der Waals surface area (Å²) in [6, 6.07) is 1.43. The van der Waals surface area contributed by atoms with Gasteiger partial charge in [-0.2, -0.15) is 0 Å². The maximum atomic E-state index is 13.5. The topological polar surface area (TPSA) is 24.9 Å². The highest BCUT2D eigenvalue weighted by Crippen LogP contribution is 2.41. The van der Waals surface area contributed by atoms with E-state index in [1.54, 1.807) is 6.20 Å². The highest BCUT2D eigenvalue weighted by atomic mass is 79.9. The number of nitrogens with one attached hydrogen (secondary N) is 1. The zero-order chi connectivity index (χ0) is 11.1. The Bertz CT molecular complexity index is 375. The minimum absolute atomic E-state index is 0.0678. The quantitative estimate of drug-likeness (QED) is 0.910. The molecule has 15 heavy (non-hydrogen) atoms. The average molecular weight is 273 g/mol. The molecule has 0 atom stereocenters. The van der Waals surface area contributed by atoms with Crippen molar-refractivity contribution in [2.24, 2.45) is 5.92 Å². The summed E-state index contributed by atoms with van der Waals surface area (Å²) in [7, 11) is 0. The second-order valence-corrected chi connectivity index (χ2v) is 5.52. The number of rotatable bonds is 3. The standard InChI is InChI=1S/C11H14BrFN2/c1-11(2,7-3-4-7)15-10-9(13)5-8(12)6-14-10/h5-7H,3-4H2,1-2H3,(H,14,15). The van der Waals surface area contributed by atoms with Gasteiger partial charge in [0, 0.05) is 16.2 Å². The van der Waals surface area contributed by atoms with Crippen molar-refractivity contribution in [2.45, 2.75) is 32.2 Å². The van der Waals surface area contributed by atoms with Gasteiger partial charge in [-0.25, -0.2) is 9.37 Å². The largest absolute Gasteiger partial charge is 0.362 e. The van der Waals surface area contributed by atoms with Gasteiger partial charge in [0.1, 0.15) is 0 Å². The molecule has 0 bridgehead atoms. The molecule has 1 fully saturated rings. The fourth-order valence-electron chi connectivity index (χ4n) is 1.72. The molecule has 0 aromatic carbocycles. The van der Waals surface area contributed by atoms with Gasteiger partial charge in [-0.15, -0.1) is 0 Å². The molecule has 1 aromatic heterocycles. The van der Waals surface area contributed by atoms with E-state index in [4.69, 9.17) is 0 Å². The van der Waals surface area contributed by atoms with Crippen LogP contribution in [0.4, 0.5) is 10.2 Å². The van der Waals surface area contributed by atoms with Crippen molar-refractivity contribution in [1.29, 1.82) is 0 Å². The Morgan fingerprint density at radius 2 is 2.20 bits per heavy atom. The smallest absolute Gasteiger partial charge is 0.166 e. The minimum Gasteiger partial charge on any atom is -0.362 e. The molecule has 0 saturated heterocycles. The highest BCUT2D eigenvalue weighted by Gasteiger charge is 2.38. The molecule has 0 amide bonds. The Labute approximate surface area is 97.4 Å². The summed E-state index contributed by atoms with van der Waals surface area (Å²) in [6.07, 6.45) is 4.05. The van der Waals surface area contributed by atoms with Crippen LogP contribution in [0.5, 0.6) is 0 Å². The summed E-state index contributed by atoms with van der Waals surface area (Å²) >= 11 is 3.19. The molecule has 1 aliphatic carbocycles. The van der Waals surface area contributed by atoms with Crippen LogP contribution in [0.25, 0.3) is 0 Å². The Hall–Kier alpha value is -0.640. The van der Waals surface area contributed by atoms with Crippen LogP contribution in [0.1, 0.15) is 26.7 Å². The summed E-state index contributed by atoms with van der Waals surface area (Å²) in [6.45, 7) is 4.18. The first-order chi connectivity index (χ1) is 6.99. The van der Waals surface area contributed by atoms with E-state index in [0.29, 0.717) is 16.2 Å². The Balaban J connectivity index is 2.16. The van der Waals surface area contributed by atoms with Crippen molar-refractivity contribution >= 4 is 21.7 Å². The Kier molecular flexibility index (Phi) is 2.71.